The Kier molecular flexibility index (Phi) is 3.73. The molecule has 0 aliphatic carbocycles. The van der Waals surface area contributed by atoms with E-state index in [9.17, 15) is 9.90 Å². The van der Waals surface area contributed by atoms with Crippen LogP contribution in [0.3, 0.4) is 0 Å². The standard InChI is InChI=1S/C14H12BrClN2O2S/c1-17-10-5-7(12(19)13-9(16)3-4-21-13)8(15)6-11(10)18(2)14(17)20/h3-6,12,19H,1-2H3. The molecule has 4 nitrogen and oxygen atoms in total. The Labute approximate surface area is 138 Å². The molecule has 21 heavy (non-hydrogen) atoms. The van der Waals surface area contributed by atoms with Gasteiger partial charge in [-0.2, -0.15) is 0 Å². The van der Waals surface area contributed by atoms with Crippen molar-refractivity contribution in [3.63, 3.8) is 0 Å². The molecule has 1 N–H and O–H groups in total. The highest BCUT2D eigenvalue weighted by Gasteiger charge is 2.20. The van der Waals surface area contributed by atoms with Crippen molar-refractivity contribution in [3.8, 4) is 0 Å². The Balaban J connectivity index is 2.24. The molecule has 1 aromatic carbocycles. The summed E-state index contributed by atoms with van der Waals surface area (Å²) in [4.78, 5) is 12.7. The minimum Gasteiger partial charge on any atom is -0.383 e. The first-order chi connectivity index (χ1) is 9.91. The third-order valence-electron chi connectivity index (χ3n) is 3.58. The van der Waals surface area contributed by atoms with Gasteiger partial charge >= 0.3 is 5.69 Å². The van der Waals surface area contributed by atoms with Gasteiger partial charge in [-0.15, -0.1) is 11.3 Å². The number of aliphatic hydroxyl groups is 1. The van der Waals surface area contributed by atoms with Crippen LogP contribution >= 0.6 is 38.9 Å². The van der Waals surface area contributed by atoms with E-state index in [1.165, 1.54) is 11.3 Å². The lowest BCUT2D eigenvalue weighted by Gasteiger charge is -2.13. The van der Waals surface area contributed by atoms with Crippen molar-refractivity contribution in [1.82, 2.24) is 9.13 Å². The van der Waals surface area contributed by atoms with Crippen LogP contribution in [0.5, 0.6) is 0 Å². The molecule has 1 atom stereocenters. The molecule has 0 amide bonds. The number of benzene rings is 1. The van der Waals surface area contributed by atoms with Crippen LogP contribution in [0.15, 0.2) is 32.8 Å². The molecule has 7 heteroatoms. The molecule has 2 heterocycles. The number of halogens is 2. The first-order valence-electron chi connectivity index (χ1n) is 6.17. The zero-order chi connectivity index (χ0) is 15.3. The molecule has 0 aliphatic rings. The largest absolute Gasteiger partial charge is 0.383 e. The van der Waals surface area contributed by atoms with Gasteiger partial charge in [0.2, 0.25) is 0 Å². The molecule has 110 valence electrons. The molecule has 0 fully saturated rings. The molecule has 3 aromatic rings. The van der Waals surface area contributed by atoms with Gasteiger partial charge in [-0.05, 0) is 23.6 Å². The van der Waals surface area contributed by atoms with E-state index in [1.54, 1.807) is 29.3 Å². The number of fused-ring (bicyclic) bond motifs is 1. The van der Waals surface area contributed by atoms with Crippen LogP contribution in [0.2, 0.25) is 5.02 Å². The molecule has 0 spiro atoms. The SMILES string of the molecule is Cn1c(=O)n(C)c2cc(C(O)c3sccc3Cl)c(Br)cc21. The maximum atomic E-state index is 12.0. The van der Waals surface area contributed by atoms with E-state index in [4.69, 9.17) is 11.6 Å². The van der Waals surface area contributed by atoms with Crippen LogP contribution in [0.1, 0.15) is 16.5 Å². The second-order valence-corrected chi connectivity index (χ2v) is 7.01. The van der Waals surface area contributed by atoms with E-state index in [0.717, 1.165) is 15.5 Å². The average molecular weight is 388 g/mol. The van der Waals surface area contributed by atoms with Gasteiger partial charge in [-0.3, -0.25) is 9.13 Å². The van der Waals surface area contributed by atoms with Crippen molar-refractivity contribution < 1.29 is 5.11 Å². The molecule has 2 aromatic heterocycles. The molecule has 0 saturated carbocycles. The second-order valence-electron chi connectivity index (χ2n) is 4.80. The van der Waals surface area contributed by atoms with E-state index >= 15 is 0 Å². The van der Waals surface area contributed by atoms with Gasteiger partial charge in [0, 0.05) is 24.1 Å². The summed E-state index contributed by atoms with van der Waals surface area (Å²) in [7, 11) is 3.44. The number of aryl methyl sites for hydroxylation is 2. The third kappa shape index (κ3) is 2.26. The molecule has 0 saturated heterocycles. The molecule has 0 bridgehead atoms. The molecule has 1 unspecified atom stereocenters. The Bertz CT molecular complexity index is 896. The lowest BCUT2D eigenvalue weighted by molar-refractivity contribution is 0.223. The second kappa shape index (κ2) is 5.28. The fourth-order valence-electron chi connectivity index (χ4n) is 2.39. The van der Waals surface area contributed by atoms with Crippen LogP contribution in [0, 0.1) is 0 Å². The van der Waals surface area contributed by atoms with Gasteiger partial charge in [0.1, 0.15) is 6.10 Å². The number of imidazole rings is 1. The summed E-state index contributed by atoms with van der Waals surface area (Å²) in [5.74, 6) is 0. The van der Waals surface area contributed by atoms with Crippen LogP contribution in [-0.4, -0.2) is 14.2 Å². The number of aromatic nitrogens is 2. The summed E-state index contributed by atoms with van der Waals surface area (Å²) >= 11 is 11.0. The Morgan fingerprint density at radius 1 is 1.29 bits per heavy atom. The molecular weight excluding hydrogens is 376 g/mol. The lowest BCUT2D eigenvalue weighted by Crippen LogP contribution is -2.19. The van der Waals surface area contributed by atoms with Gasteiger partial charge in [0.15, 0.2) is 0 Å². The van der Waals surface area contributed by atoms with E-state index in [1.807, 2.05) is 17.5 Å². The predicted octanol–water partition coefficient (Wildman–Crippen LogP) is 3.44. The zero-order valence-electron chi connectivity index (χ0n) is 11.3. The number of nitrogens with zero attached hydrogens (tertiary/aromatic N) is 2. The normalized spacial score (nSPS) is 13.0. The van der Waals surface area contributed by atoms with E-state index in [2.05, 4.69) is 15.9 Å². The predicted molar refractivity (Wildman–Crippen MR) is 89.3 cm³/mol. The summed E-state index contributed by atoms with van der Waals surface area (Å²) in [6.45, 7) is 0. The smallest absolute Gasteiger partial charge is 0.328 e. The highest BCUT2D eigenvalue weighted by molar-refractivity contribution is 9.10. The number of thiophene rings is 1. The maximum Gasteiger partial charge on any atom is 0.328 e. The quantitative estimate of drug-likeness (QED) is 0.732. The fraction of sp³-hybridized carbons (Fsp3) is 0.214. The van der Waals surface area contributed by atoms with Crippen molar-refractivity contribution in [2.75, 3.05) is 0 Å². The van der Waals surface area contributed by atoms with Gasteiger partial charge in [0.25, 0.3) is 0 Å². The highest BCUT2D eigenvalue weighted by atomic mass is 79.9. The van der Waals surface area contributed by atoms with Crippen LogP contribution in [0.4, 0.5) is 0 Å². The van der Waals surface area contributed by atoms with Crippen LogP contribution in [-0.2, 0) is 14.1 Å². The summed E-state index contributed by atoms with van der Waals surface area (Å²) in [6, 6.07) is 5.42. The van der Waals surface area contributed by atoms with Gasteiger partial charge in [-0.25, -0.2) is 4.79 Å². The molecule has 0 aliphatic heterocycles. The third-order valence-corrected chi connectivity index (χ3v) is 5.68. The van der Waals surface area contributed by atoms with Crippen molar-refractivity contribution in [1.29, 1.82) is 0 Å². The first-order valence-corrected chi connectivity index (χ1v) is 8.22. The molecular formula is C14H12BrClN2O2S. The number of rotatable bonds is 2. The van der Waals surface area contributed by atoms with Crippen molar-refractivity contribution in [3.05, 3.63) is 54.0 Å². The number of hydrogen-bond donors (Lipinski definition) is 1. The summed E-state index contributed by atoms with van der Waals surface area (Å²) < 4.78 is 3.88. The minimum atomic E-state index is -0.827. The average Bonchev–Trinajstić information content (AvgIpc) is 2.97. The Hall–Kier alpha value is -1.08. The first kappa shape index (κ1) is 14.8. The van der Waals surface area contributed by atoms with Crippen LogP contribution < -0.4 is 5.69 Å². The summed E-state index contributed by atoms with van der Waals surface area (Å²) in [5.41, 5.74) is 2.17. The Morgan fingerprint density at radius 2 is 1.90 bits per heavy atom. The van der Waals surface area contributed by atoms with Gasteiger partial charge < -0.3 is 5.11 Å². The van der Waals surface area contributed by atoms with E-state index in [-0.39, 0.29) is 5.69 Å². The number of aliphatic hydroxyl groups excluding tert-OH is 1. The lowest BCUT2D eigenvalue weighted by atomic mass is 10.1. The highest BCUT2D eigenvalue weighted by Crippen LogP contribution is 2.37. The van der Waals surface area contributed by atoms with Crippen molar-refractivity contribution >= 4 is 49.9 Å². The topological polar surface area (TPSA) is 47.2 Å². The van der Waals surface area contributed by atoms with Gasteiger partial charge in [0.05, 0.1) is 20.9 Å². The molecule has 3 rings (SSSR count). The summed E-state index contributed by atoms with van der Waals surface area (Å²) in [6.07, 6.45) is -0.827. The Morgan fingerprint density at radius 3 is 2.48 bits per heavy atom. The maximum absolute atomic E-state index is 12.0. The monoisotopic (exact) mass is 386 g/mol. The summed E-state index contributed by atoms with van der Waals surface area (Å²) in [5, 5.41) is 13.0. The molecule has 0 radical (unpaired) electrons. The number of hydrogen-bond acceptors (Lipinski definition) is 3. The van der Waals surface area contributed by atoms with E-state index in [0.29, 0.717) is 15.5 Å². The van der Waals surface area contributed by atoms with Crippen LogP contribution in [0.25, 0.3) is 11.0 Å². The minimum absolute atomic E-state index is 0.0994. The fourth-order valence-corrected chi connectivity index (χ4v) is 4.10. The van der Waals surface area contributed by atoms with Gasteiger partial charge in [-0.1, -0.05) is 27.5 Å². The van der Waals surface area contributed by atoms with E-state index < -0.39 is 6.10 Å². The van der Waals surface area contributed by atoms with Crippen molar-refractivity contribution in [2.24, 2.45) is 14.1 Å². The zero-order valence-corrected chi connectivity index (χ0v) is 14.5. The van der Waals surface area contributed by atoms with Crippen molar-refractivity contribution in [2.45, 2.75) is 6.10 Å².